The maximum Gasteiger partial charge on any atom is 0.374 e. The Kier molecular flexibility index (Phi) is 3.89. The van der Waals surface area contributed by atoms with E-state index < -0.39 is 11.7 Å². The molecule has 0 amide bonds. The number of nitriles is 1. The molecule has 1 heterocycles. The molecule has 0 aliphatic heterocycles. The van der Waals surface area contributed by atoms with Gasteiger partial charge < -0.3 is 9.84 Å². The molecular formula is C10H9NO3S. The van der Waals surface area contributed by atoms with Gasteiger partial charge in [-0.3, -0.25) is 0 Å². The van der Waals surface area contributed by atoms with E-state index in [9.17, 15) is 9.90 Å². The lowest BCUT2D eigenvalue weighted by atomic mass is 10.2. The van der Waals surface area contributed by atoms with Gasteiger partial charge in [-0.15, -0.1) is 11.3 Å². The molecule has 4 nitrogen and oxygen atoms in total. The quantitative estimate of drug-likeness (QED) is 0.368. The zero-order chi connectivity index (χ0) is 11.3. The number of esters is 1. The van der Waals surface area contributed by atoms with Gasteiger partial charge in [-0.25, -0.2) is 4.79 Å². The molecule has 1 rings (SSSR count). The van der Waals surface area contributed by atoms with Crippen LogP contribution in [-0.4, -0.2) is 17.7 Å². The number of rotatable bonds is 3. The van der Waals surface area contributed by atoms with Crippen LogP contribution in [0.25, 0.3) is 5.57 Å². The van der Waals surface area contributed by atoms with Crippen LogP contribution in [0, 0.1) is 11.3 Å². The Balaban J connectivity index is 3.05. The van der Waals surface area contributed by atoms with Gasteiger partial charge in [-0.1, -0.05) is 6.07 Å². The summed E-state index contributed by atoms with van der Waals surface area (Å²) in [4.78, 5) is 11.7. The average molecular weight is 223 g/mol. The third-order valence-corrected chi connectivity index (χ3v) is 2.47. The van der Waals surface area contributed by atoms with Gasteiger partial charge in [0.25, 0.3) is 0 Å². The number of hydrogen-bond acceptors (Lipinski definition) is 5. The second-order valence-electron chi connectivity index (χ2n) is 2.53. The number of carbonyl (C=O) groups excluding carboxylic acids is 1. The van der Waals surface area contributed by atoms with Crippen molar-refractivity contribution in [1.29, 1.82) is 5.26 Å². The second-order valence-corrected chi connectivity index (χ2v) is 3.48. The summed E-state index contributed by atoms with van der Waals surface area (Å²) in [6.45, 7) is 1.79. The number of aliphatic hydroxyl groups excluding tert-OH is 1. The van der Waals surface area contributed by atoms with Gasteiger partial charge in [0.1, 0.15) is 11.6 Å². The van der Waals surface area contributed by atoms with Crippen LogP contribution in [0.2, 0.25) is 0 Å². The standard InChI is InChI=1S/C10H9NO3S/c1-2-14-10(13)9(12)7(6-11)8-4-3-5-15-8/h3-5,12H,2H2,1H3/b9-7-. The van der Waals surface area contributed by atoms with Gasteiger partial charge in [0.2, 0.25) is 5.76 Å². The number of thiophene rings is 1. The maximum atomic E-state index is 11.2. The van der Waals surface area contributed by atoms with Crippen molar-refractivity contribution in [2.45, 2.75) is 6.92 Å². The van der Waals surface area contributed by atoms with Crippen LogP contribution in [0.1, 0.15) is 11.8 Å². The topological polar surface area (TPSA) is 70.3 Å². The first-order valence-electron chi connectivity index (χ1n) is 4.25. The minimum Gasteiger partial charge on any atom is -0.501 e. The Morgan fingerprint density at radius 1 is 1.73 bits per heavy atom. The van der Waals surface area contributed by atoms with E-state index in [2.05, 4.69) is 4.74 Å². The Morgan fingerprint density at radius 3 is 2.93 bits per heavy atom. The van der Waals surface area contributed by atoms with Gasteiger partial charge in [0, 0.05) is 4.88 Å². The molecule has 0 saturated carbocycles. The summed E-state index contributed by atoms with van der Waals surface area (Å²) in [7, 11) is 0. The molecule has 0 bridgehead atoms. The molecule has 1 N–H and O–H groups in total. The fourth-order valence-electron chi connectivity index (χ4n) is 0.947. The normalized spacial score (nSPS) is 11.5. The molecule has 0 aliphatic carbocycles. The summed E-state index contributed by atoms with van der Waals surface area (Å²) in [5, 5.41) is 20.0. The Labute approximate surface area is 91.0 Å². The van der Waals surface area contributed by atoms with Gasteiger partial charge in [-0.2, -0.15) is 5.26 Å². The SMILES string of the molecule is CCOC(=O)/C(O)=C(\C#N)c1cccs1. The van der Waals surface area contributed by atoms with Crippen molar-refractivity contribution in [2.24, 2.45) is 0 Å². The Bertz CT molecular complexity index is 414. The minimum atomic E-state index is -0.873. The largest absolute Gasteiger partial charge is 0.501 e. The van der Waals surface area contributed by atoms with Crippen molar-refractivity contribution in [1.82, 2.24) is 0 Å². The Hall–Kier alpha value is -1.80. The molecule has 0 aliphatic rings. The van der Waals surface area contributed by atoms with Crippen molar-refractivity contribution < 1.29 is 14.6 Å². The molecule has 78 valence electrons. The monoisotopic (exact) mass is 223 g/mol. The van der Waals surface area contributed by atoms with Crippen molar-refractivity contribution >= 4 is 22.9 Å². The highest BCUT2D eigenvalue weighted by atomic mass is 32.1. The molecule has 0 fully saturated rings. The molecule has 1 aromatic heterocycles. The van der Waals surface area contributed by atoms with Crippen LogP contribution in [0.3, 0.4) is 0 Å². The summed E-state index contributed by atoms with van der Waals surface area (Å²) in [6.07, 6.45) is 0. The third kappa shape index (κ3) is 2.58. The minimum absolute atomic E-state index is 0.0524. The van der Waals surface area contributed by atoms with Gasteiger partial charge in [-0.05, 0) is 18.4 Å². The zero-order valence-corrected chi connectivity index (χ0v) is 8.87. The molecule has 0 unspecified atom stereocenters. The maximum absolute atomic E-state index is 11.2. The highest BCUT2D eigenvalue weighted by molar-refractivity contribution is 7.11. The molecule has 5 heteroatoms. The van der Waals surface area contributed by atoms with Crippen LogP contribution in [0.15, 0.2) is 23.3 Å². The molecule has 0 spiro atoms. The van der Waals surface area contributed by atoms with E-state index in [0.29, 0.717) is 4.88 Å². The summed E-state index contributed by atoms with van der Waals surface area (Å²) in [6, 6.07) is 5.17. The molecule has 0 atom stereocenters. The van der Waals surface area contributed by atoms with Crippen LogP contribution in [-0.2, 0) is 9.53 Å². The predicted molar refractivity (Wildman–Crippen MR) is 56.1 cm³/mol. The van der Waals surface area contributed by atoms with Crippen molar-refractivity contribution in [3.63, 3.8) is 0 Å². The van der Waals surface area contributed by atoms with Crippen LogP contribution in [0.5, 0.6) is 0 Å². The van der Waals surface area contributed by atoms with Crippen LogP contribution in [0.4, 0.5) is 0 Å². The smallest absolute Gasteiger partial charge is 0.374 e. The van der Waals surface area contributed by atoms with E-state index in [1.165, 1.54) is 11.3 Å². The second kappa shape index (κ2) is 5.17. The van der Waals surface area contributed by atoms with Crippen LogP contribution < -0.4 is 0 Å². The predicted octanol–water partition coefficient (Wildman–Crippen LogP) is 2.10. The van der Waals surface area contributed by atoms with Gasteiger partial charge >= 0.3 is 5.97 Å². The van der Waals surface area contributed by atoms with E-state index in [4.69, 9.17) is 5.26 Å². The lowest BCUT2D eigenvalue weighted by Gasteiger charge is -2.01. The van der Waals surface area contributed by atoms with Crippen molar-refractivity contribution in [2.75, 3.05) is 6.61 Å². The Morgan fingerprint density at radius 2 is 2.47 bits per heavy atom. The lowest BCUT2D eigenvalue weighted by Crippen LogP contribution is -2.08. The van der Waals surface area contributed by atoms with E-state index >= 15 is 0 Å². The summed E-state index contributed by atoms with van der Waals surface area (Å²) < 4.78 is 4.59. The highest BCUT2D eigenvalue weighted by Crippen LogP contribution is 2.22. The molecular weight excluding hydrogens is 214 g/mol. The number of aliphatic hydroxyl groups is 1. The first kappa shape index (κ1) is 11.3. The van der Waals surface area contributed by atoms with E-state index in [0.717, 1.165) is 0 Å². The van der Waals surface area contributed by atoms with Gasteiger partial charge in [0.15, 0.2) is 0 Å². The third-order valence-electron chi connectivity index (χ3n) is 1.58. The van der Waals surface area contributed by atoms with Crippen LogP contribution >= 0.6 is 11.3 Å². The molecule has 15 heavy (non-hydrogen) atoms. The number of nitrogens with zero attached hydrogens (tertiary/aromatic N) is 1. The van der Waals surface area contributed by atoms with Gasteiger partial charge in [0.05, 0.1) is 6.61 Å². The number of allylic oxidation sites excluding steroid dienone is 1. The summed E-state index contributed by atoms with van der Waals surface area (Å²) in [5.74, 6) is -1.51. The molecule has 1 aromatic rings. The van der Waals surface area contributed by atoms with E-state index in [-0.39, 0.29) is 12.2 Å². The highest BCUT2D eigenvalue weighted by Gasteiger charge is 2.17. The number of ether oxygens (including phenoxy) is 1. The fraction of sp³-hybridized carbons (Fsp3) is 0.200. The first-order valence-corrected chi connectivity index (χ1v) is 5.13. The number of carbonyl (C=O) groups is 1. The van der Waals surface area contributed by atoms with E-state index in [1.54, 1.807) is 30.5 Å². The number of hydrogen-bond donors (Lipinski definition) is 1. The molecule has 0 aromatic carbocycles. The first-order chi connectivity index (χ1) is 7.20. The lowest BCUT2D eigenvalue weighted by molar-refractivity contribution is -0.141. The molecule has 0 saturated heterocycles. The summed E-state index contributed by atoms with van der Waals surface area (Å²) >= 11 is 1.27. The van der Waals surface area contributed by atoms with E-state index in [1.807, 2.05) is 0 Å². The van der Waals surface area contributed by atoms with Crippen molar-refractivity contribution in [3.8, 4) is 6.07 Å². The zero-order valence-electron chi connectivity index (χ0n) is 8.06. The van der Waals surface area contributed by atoms with Crippen molar-refractivity contribution in [3.05, 3.63) is 28.1 Å². The fourth-order valence-corrected chi connectivity index (χ4v) is 1.67. The average Bonchev–Trinajstić information content (AvgIpc) is 2.72. The molecule has 0 radical (unpaired) electrons. The summed E-state index contributed by atoms with van der Waals surface area (Å²) in [5.41, 5.74) is -0.0524.